The van der Waals surface area contributed by atoms with Crippen molar-refractivity contribution in [2.75, 3.05) is 46.4 Å². The Morgan fingerprint density at radius 1 is 1.03 bits per heavy atom. The first kappa shape index (κ1) is 26.6. The van der Waals surface area contributed by atoms with Crippen molar-refractivity contribution >= 4 is 24.8 Å². The summed E-state index contributed by atoms with van der Waals surface area (Å²) in [6, 6.07) is 9.51. The monoisotopic (exact) mass is 504 g/mol. The molecule has 1 saturated heterocycles. The molecule has 3 aromatic rings. The van der Waals surface area contributed by atoms with Crippen LogP contribution >= 0.6 is 24.8 Å². The fourth-order valence-electron chi connectivity index (χ4n) is 3.16. The van der Waals surface area contributed by atoms with Gasteiger partial charge in [0.2, 0.25) is 0 Å². The Bertz CT molecular complexity index is 1090. The van der Waals surface area contributed by atoms with Gasteiger partial charge in [-0.15, -0.1) is 24.8 Å². The van der Waals surface area contributed by atoms with E-state index < -0.39 is 23.5 Å². The number of aromatic nitrogens is 2. The molecule has 0 bridgehead atoms. The Labute approximate surface area is 201 Å². The van der Waals surface area contributed by atoms with Crippen LogP contribution in [0.5, 0.6) is 17.6 Å². The Kier molecular flexibility index (Phi) is 9.66. The van der Waals surface area contributed by atoms with Crippen LogP contribution in [0, 0.1) is 11.6 Å². The van der Waals surface area contributed by atoms with Crippen LogP contribution in [-0.4, -0.2) is 66.0 Å². The van der Waals surface area contributed by atoms with E-state index in [-0.39, 0.29) is 30.6 Å². The Morgan fingerprint density at radius 2 is 1.73 bits per heavy atom. The topological polar surface area (TPSA) is 73.0 Å². The number of benzene rings is 2. The van der Waals surface area contributed by atoms with E-state index in [2.05, 4.69) is 21.9 Å². The molecule has 1 aliphatic heterocycles. The molecule has 4 rings (SSSR count). The van der Waals surface area contributed by atoms with Crippen LogP contribution in [0.25, 0.3) is 5.69 Å². The van der Waals surface area contributed by atoms with E-state index in [0.717, 1.165) is 49.5 Å². The lowest BCUT2D eigenvalue weighted by Gasteiger charge is -2.32. The minimum absolute atomic E-state index is 0. The Morgan fingerprint density at radius 3 is 2.39 bits per heavy atom. The summed E-state index contributed by atoms with van der Waals surface area (Å²) in [6.07, 6.45) is -0.456. The lowest BCUT2D eigenvalue weighted by molar-refractivity contribution is 0.134. The second-order valence-electron chi connectivity index (χ2n) is 7.21. The lowest BCUT2D eigenvalue weighted by Crippen LogP contribution is -2.45. The molecule has 0 unspecified atom stereocenters. The summed E-state index contributed by atoms with van der Waals surface area (Å²) in [7, 11) is 2.12. The number of halogens is 4. The average Bonchev–Trinajstić information content (AvgIpc) is 3.12. The van der Waals surface area contributed by atoms with Gasteiger partial charge in [0.05, 0.1) is 5.69 Å². The predicted octanol–water partition coefficient (Wildman–Crippen LogP) is 3.37. The van der Waals surface area contributed by atoms with E-state index in [0.29, 0.717) is 24.1 Å². The molecule has 180 valence electrons. The highest BCUT2D eigenvalue weighted by atomic mass is 35.5. The molecular weight excluding hydrogens is 481 g/mol. The van der Waals surface area contributed by atoms with Gasteiger partial charge in [-0.3, -0.25) is 4.90 Å². The second-order valence-corrected chi connectivity index (χ2v) is 7.21. The van der Waals surface area contributed by atoms with Crippen molar-refractivity contribution in [2.45, 2.75) is 0 Å². The van der Waals surface area contributed by atoms with Gasteiger partial charge in [-0.05, 0) is 43.4 Å². The van der Waals surface area contributed by atoms with E-state index in [1.165, 1.54) is 0 Å². The highest BCUT2D eigenvalue weighted by Gasteiger charge is 2.15. The fourth-order valence-corrected chi connectivity index (χ4v) is 3.16. The third kappa shape index (κ3) is 6.91. The highest BCUT2D eigenvalue weighted by molar-refractivity contribution is 5.85. The fraction of sp³-hybridized carbons (Fsp3) is 0.333. The van der Waals surface area contributed by atoms with Gasteiger partial charge in [0.15, 0.2) is 11.6 Å². The third-order valence-electron chi connectivity index (χ3n) is 4.97. The second kappa shape index (κ2) is 12.0. The first-order valence-electron chi connectivity index (χ1n) is 9.85. The van der Waals surface area contributed by atoms with Crippen molar-refractivity contribution in [1.29, 1.82) is 0 Å². The molecule has 12 heteroatoms. The van der Waals surface area contributed by atoms with Crippen LogP contribution < -0.4 is 15.2 Å². The molecule has 1 aromatic heterocycles. The van der Waals surface area contributed by atoms with Crippen molar-refractivity contribution in [1.82, 2.24) is 19.6 Å². The van der Waals surface area contributed by atoms with E-state index in [9.17, 15) is 13.6 Å². The number of ether oxygens (including phenoxy) is 2. The summed E-state index contributed by atoms with van der Waals surface area (Å²) >= 11 is 0. The van der Waals surface area contributed by atoms with Crippen molar-refractivity contribution in [3.05, 3.63) is 64.6 Å². The van der Waals surface area contributed by atoms with Gasteiger partial charge in [0, 0.05) is 38.8 Å². The largest absolute Gasteiger partial charge is 0.492 e. The first-order chi connectivity index (χ1) is 15.0. The SMILES string of the molecule is CN1CCN(CCOc2ccc(-n3nc(Oc4ccc(F)cc4F)oc3=O)cc2)CC1.Cl.Cl. The number of likely N-dealkylation sites (N-methyl/N-ethyl adjacent to an activating group) is 1. The molecule has 0 amide bonds. The summed E-state index contributed by atoms with van der Waals surface area (Å²) in [5.41, 5.74) is 0.426. The molecule has 2 aromatic carbocycles. The normalized spacial score (nSPS) is 14.3. The van der Waals surface area contributed by atoms with Gasteiger partial charge < -0.3 is 18.8 Å². The van der Waals surface area contributed by atoms with E-state index in [1.54, 1.807) is 24.3 Å². The summed E-state index contributed by atoms with van der Waals surface area (Å²) in [5.74, 6) is -2.13. The minimum Gasteiger partial charge on any atom is -0.492 e. The van der Waals surface area contributed by atoms with Crippen molar-refractivity contribution in [3.8, 4) is 23.3 Å². The molecule has 33 heavy (non-hydrogen) atoms. The standard InChI is InChI=1S/C21H22F2N4O4.2ClH/c1-25-8-10-26(11-9-25)12-13-29-17-5-3-16(4-6-17)27-21(28)31-20(24-27)30-19-7-2-15(22)14-18(19)23;;/h2-7,14H,8-13H2,1H3;2*1H. The van der Waals surface area contributed by atoms with Gasteiger partial charge >= 0.3 is 11.8 Å². The summed E-state index contributed by atoms with van der Waals surface area (Å²) in [4.78, 5) is 16.7. The smallest absolute Gasteiger partial charge is 0.444 e. The molecule has 0 radical (unpaired) electrons. The molecule has 1 fully saturated rings. The molecule has 1 aliphatic rings. The average molecular weight is 505 g/mol. The molecule has 0 N–H and O–H groups in total. The maximum atomic E-state index is 13.7. The van der Waals surface area contributed by atoms with Gasteiger partial charge in [-0.25, -0.2) is 13.6 Å². The molecule has 0 spiro atoms. The van der Waals surface area contributed by atoms with Crippen LogP contribution in [0.4, 0.5) is 8.78 Å². The van der Waals surface area contributed by atoms with Crippen LogP contribution in [0.1, 0.15) is 0 Å². The highest BCUT2D eigenvalue weighted by Crippen LogP contribution is 2.23. The molecule has 2 heterocycles. The van der Waals surface area contributed by atoms with Crippen LogP contribution in [0.2, 0.25) is 0 Å². The summed E-state index contributed by atoms with van der Waals surface area (Å²) < 4.78 is 43.5. The van der Waals surface area contributed by atoms with E-state index >= 15 is 0 Å². The first-order valence-corrected chi connectivity index (χ1v) is 9.85. The summed E-state index contributed by atoms with van der Waals surface area (Å²) in [5, 5.41) is 3.90. The third-order valence-corrected chi connectivity index (χ3v) is 4.97. The van der Waals surface area contributed by atoms with Crippen LogP contribution in [0.15, 0.2) is 51.7 Å². The zero-order valence-electron chi connectivity index (χ0n) is 17.8. The maximum absolute atomic E-state index is 13.7. The molecule has 0 saturated carbocycles. The number of nitrogens with zero attached hydrogens (tertiary/aromatic N) is 4. The predicted molar refractivity (Wildman–Crippen MR) is 122 cm³/mol. The number of hydrogen-bond acceptors (Lipinski definition) is 7. The minimum atomic E-state index is -0.935. The van der Waals surface area contributed by atoms with Gasteiger partial charge in [0.25, 0.3) is 0 Å². The van der Waals surface area contributed by atoms with Crippen molar-refractivity contribution in [3.63, 3.8) is 0 Å². The van der Waals surface area contributed by atoms with Gasteiger partial charge in [0.1, 0.15) is 18.2 Å². The molecular formula is C21H24Cl2F2N4O4. The van der Waals surface area contributed by atoms with Crippen LogP contribution in [-0.2, 0) is 0 Å². The maximum Gasteiger partial charge on any atom is 0.444 e. The van der Waals surface area contributed by atoms with Crippen molar-refractivity contribution in [2.24, 2.45) is 0 Å². The lowest BCUT2D eigenvalue weighted by atomic mass is 10.3. The Hall–Kier alpha value is -2.66. The number of piperazine rings is 1. The molecule has 0 atom stereocenters. The zero-order chi connectivity index (χ0) is 21.8. The molecule has 8 nitrogen and oxygen atoms in total. The summed E-state index contributed by atoms with van der Waals surface area (Å²) in [6.45, 7) is 5.58. The van der Waals surface area contributed by atoms with Crippen molar-refractivity contribution < 1.29 is 22.7 Å². The van der Waals surface area contributed by atoms with E-state index in [1.807, 2.05) is 0 Å². The number of rotatable bonds is 7. The van der Waals surface area contributed by atoms with Crippen LogP contribution in [0.3, 0.4) is 0 Å². The molecule has 0 aliphatic carbocycles. The quantitative estimate of drug-likeness (QED) is 0.488. The number of hydrogen-bond donors (Lipinski definition) is 0. The van der Waals surface area contributed by atoms with Gasteiger partial charge in [-0.1, -0.05) is 5.10 Å². The Balaban J connectivity index is 0.00000193. The zero-order valence-corrected chi connectivity index (χ0v) is 19.4. The van der Waals surface area contributed by atoms with Gasteiger partial charge in [-0.2, -0.15) is 4.68 Å². The van der Waals surface area contributed by atoms with E-state index in [4.69, 9.17) is 13.9 Å².